The van der Waals surface area contributed by atoms with E-state index in [9.17, 15) is 9.59 Å². The number of carbonyl (C=O) groups excluding carboxylic acids is 1. The number of piperidine rings is 1. The van der Waals surface area contributed by atoms with Gasteiger partial charge in [-0.1, -0.05) is 0 Å². The number of carbonyl (C=O) groups is 1. The van der Waals surface area contributed by atoms with Crippen LogP contribution in [-0.2, 0) is 11.2 Å². The van der Waals surface area contributed by atoms with Gasteiger partial charge in [0.1, 0.15) is 11.9 Å². The Kier molecular flexibility index (Phi) is 4.53. The number of hydrogen-bond acceptors (Lipinski definition) is 5. The molecule has 2 aromatic rings. The molecule has 8 nitrogen and oxygen atoms in total. The van der Waals surface area contributed by atoms with Crippen LogP contribution in [0.4, 0.5) is 4.79 Å². The molecule has 2 aromatic heterocycles. The number of fused-ring (bicyclic) bond motifs is 1. The van der Waals surface area contributed by atoms with Gasteiger partial charge in [0.2, 0.25) is 0 Å². The number of rotatable bonds is 2. The Hall–Kier alpha value is -2.38. The SMILES string of the molecule is Cc1nc2nc[nH]n2c(=O)c1CC1CCN(C(=O)OC(C)(C)C)CC1. The molecule has 0 aromatic carbocycles. The number of aromatic amines is 1. The number of H-pyrrole nitrogens is 1. The maximum absolute atomic E-state index is 12.6. The molecule has 1 aliphatic heterocycles. The van der Waals surface area contributed by atoms with Gasteiger partial charge in [0, 0.05) is 18.7 Å². The number of nitrogens with zero attached hydrogens (tertiary/aromatic N) is 4. The lowest BCUT2D eigenvalue weighted by molar-refractivity contribution is 0.0184. The normalized spacial score (nSPS) is 16.4. The summed E-state index contributed by atoms with van der Waals surface area (Å²) in [5.41, 5.74) is 0.879. The van der Waals surface area contributed by atoms with Gasteiger partial charge in [-0.05, 0) is 52.9 Å². The van der Waals surface area contributed by atoms with E-state index < -0.39 is 5.60 Å². The van der Waals surface area contributed by atoms with E-state index in [1.807, 2.05) is 27.7 Å². The van der Waals surface area contributed by atoms with E-state index in [1.54, 1.807) is 4.90 Å². The molecule has 1 amide bonds. The molecule has 0 radical (unpaired) electrons. The predicted octanol–water partition coefficient (Wildman–Crippen LogP) is 1.92. The maximum atomic E-state index is 12.6. The standard InChI is InChI=1S/C17H25N5O3/c1-11-13(14(23)22-15(20-11)18-10-19-22)9-12-5-7-21(8-6-12)16(24)25-17(2,3)4/h10,12H,5-9H2,1-4H3,(H,18,19,20). The van der Waals surface area contributed by atoms with Crippen molar-refractivity contribution in [2.24, 2.45) is 5.92 Å². The summed E-state index contributed by atoms with van der Waals surface area (Å²) < 4.78 is 6.79. The topological polar surface area (TPSA) is 92.6 Å². The van der Waals surface area contributed by atoms with E-state index in [2.05, 4.69) is 15.1 Å². The lowest BCUT2D eigenvalue weighted by Gasteiger charge is -2.33. The Labute approximate surface area is 146 Å². The zero-order valence-electron chi connectivity index (χ0n) is 15.2. The minimum Gasteiger partial charge on any atom is -0.444 e. The summed E-state index contributed by atoms with van der Waals surface area (Å²) in [6, 6.07) is 0. The van der Waals surface area contributed by atoms with Crippen LogP contribution in [-0.4, -0.2) is 49.3 Å². The lowest BCUT2D eigenvalue weighted by atomic mass is 9.90. The summed E-state index contributed by atoms with van der Waals surface area (Å²) in [5.74, 6) is 0.749. The summed E-state index contributed by atoms with van der Waals surface area (Å²) >= 11 is 0. The number of nitrogens with one attached hydrogen (secondary N) is 1. The zero-order valence-corrected chi connectivity index (χ0v) is 15.2. The molecule has 1 aliphatic rings. The van der Waals surface area contributed by atoms with Gasteiger partial charge in [0.05, 0.1) is 5.69 Å². The molecule has 0 saturated carbocycles. The average Bonchev–Trinajstić information content (AvgIpc) is 2.98. The van der Waals surface area contributed by atoms with Crippen LogP contribution in [0.25, 0.3) is 5.78 Å². The number of hydrogen-bond donors (Lipinski definition) is 1. The highest BCUT2D eigenvalue weighted by molar-refractivity contribution is 5.68. The second-order valence-electron chi connectivity index (χ2n) is 7.62. The van der Waals surface area contributed by atoms with E-state index in [0.717, 1.165) is 24.1 Å². The van der Waals surface area contributed by atoms with E-state index in [1.165, 1.54) is 10.8 Å². The fraction of sp³-hybridized carbons (Fsp3) is 0.647. The van der Waals surface area contributed by atoms with Gasteiger partial charge in [0.15, 0.2) is 0 Å². The molecule has 1 fully saturated rings. The van der Waals surface area contributed by atoms with Gasteiger partial charge in [-0.3, -0.25) is 9.89 Å². The summed E-state index contributed by atoms with van der Waals surface area (Å²) in [5, 5.41) is 2.80. The van der Waals surface area contributed by atoms with Crippen molar-refractivity contribution >= 4 is 11.9 Å². The molecule has 0 spiro atoms. The van der Waals surface area contributed by atoms with E-state index in [4.69, 9.17) is 4.74 Å². The van der Waals surface area contributed by atoms with Crippen LogP contribution in [0, 0.1) is 12.8 Å². The van der Waals surface area contributed by atoms with Crippen LogP contribution >= 0.6 is 0 Å². The Morgan fingerprint density at radius 2 is 2.04 bits per heavy atom. The van der Waals surface area contributed by atoms with Crippen LogP contribution in [0.3, 0.4) is 0 Å². The van der Waals surface area contributed by atoms with Gasteiger partial charge in [-0.2, -0.15) is 4.52 Å². The average molecular weight is 347 g/mol. The molecule has 8 heteroatoms. The first-order valence-corrected chi connectivity index (χ1v) is 8.64. The number of aryl methyl sites for hydroxylation is 1. The van der Waals surface area contributed by atoms with Gasteiger partial charge in [-0.25, -0.2) is 14.8 Å². The van der Waals surface area contributed by atoms with Crippen molar-refractivity contribution in [2.45, 2.75) is 52.6 Å². The number of likely N-dealkylation sites (tertiary alicyclic amines) is 1. The molecular formula is C17H25N5O3. The van der Waals surface area contributed by atoms with Gasteiger partial charge in [-0.15, -0.1) is 0 Å². The third-order valence-corrected chi connectivity index (χ3v) is 4.49. The molecule has 1 N–H and O–H groups in total. The zero-order chi connectivity index (χ0) is 18.2. The molecule has 0 aliphatic carbocycles. The minimum atomic E-state index is -0.481. The quantitative estimate of drug-likeness (QED) is 0.896. The van der Waals surface area contributed by atoms with E-state index >= 15 is 0 Å². The minimum absolute atomic E-state index is 0.0884. The summed E-state index contributed by atoms with van der Waals surface area (Å²) in [4.78, 5) is 34.9. The number of aromatic nitrogens is 4. The summed E-state index contributed by atoms with van der Waals surface area (Å²) in [7, 11) is 0. The Morgan fingerprint density at radius 1 is 1.36 bits per heavy atom. The molecule has 3 rings (SSSR count). The lowest BCUT2D eigenvalue weighted by Crippen LogP contribution is -2.42. The highest BCUT2D eigenvalue weighted by atomic mass is 16.6. The molecule has 25 heavy (non-hydrogen) atoms. The highest BCUT2D eigenvalue weighted by Gasteiger charge is 2.28. The van der Waals surface area contributed by atoms with Crippen LogP contribution in [0.5, 0.6) is 0 Å². The molecule has 0 bridgehead atoms. The first-order chi connectivity index (χ1) is 11.7. The molecule has 136 valence electrons. The third-order valence-electron chi connectivity index (χ3n) is 4.49. The third kappa shape index (κ3) is 3.83. The summed E-state index contributed by atoms with van der Waals surface area (Å²) in [6.45, 7) is 8.76. The molecular weight excluding hydrogens is 322 g/mol. The van der Waals surface area contributed by atoms with Gasteiger partial charge in [0.25, 0.3) is 11.3 Å². The maximum Gasteiger partial charge on any atom is 0.410 e. The molecule has 0 atom stereocenters. The first-order valence-electron chi connectivity index (χ1n) is 8.64. The van der Waals surface area contributed by atoms with Gasteiger partial charge < -0.3 is 9.64 Å². The monoisotopic (exact) mass is 347 g/mol. The molecule has 1 saturated heterocycles. The van der Waals surface area contributed by atoms with Crippen molar-refractivity contribution in [3.8, 4) is 0 Å². The van der Waals surface area contributed by atoms with Crippen LogP contribution in [0.15, 0.2) is 11.1 Å². The fourth-order valence-electron chi connectivity index (χ4n) is 3.17. The molecule has 3 heterocycles. The Morgan fingerprint density at radius 3 is 2.68 bits per heavy atom. The van der Waals surface area contributed by atoms with Crippen LogP contribution in [0.2, 0.25) is 0 Å². The highest BCUT2D eigenvalue weighted by Crippen LogP contribution is 2.23. The van der Waals surface area contributed by atoms with Crippen molar-refractivity contribution in [3.05, 3.63) is 27.9 Å². The van der Waals surface area contributed by atoms with Crippen molar-refractivity contribution < 1.29 is 9.53 Å². The Balaban J connectivity index is 1.65. The summed E-state index contributed by atoms with van der Waals surface area (Å²) in [6.07, 6.45) is 3.57. The van der Waals surface area contributed by atoms with E-state index in [-0.39, 0.29) is 11.7 Å². The molecule has 0 unspecified atom stereocenters. The van der Waals surface area contributed by atoms with E-state index in [0.29, 0.717) is 31.2 Å². The second kappa shape index (κ2) is 6.50. The number of amides is 1. The van der Waals surface area contributed by atoms with Crippen molar-refractivity contribution in [1.29, 1.82) is 0 Å². The number of ether oxygens (including phenoxy) is 1. The second-order valence-corrected chi connectivity index (χ2v) is 7.62. The predicted molar refractivity (Wildman–Crippen MR) is 92.6 cm³/mol. The largest absolute Gasteiger partial charge is 0.444 e. The van der Waals surface area contributed by atoms with Crippen LogP contribution in [0.1, 0.15) is 44.9 Å². The van der Waals surface area contributed by atoms with Crippen molar-refractivity contribution in [2.75, 3.05) is 13.1 Å². The smallest absolute Gasteiger partial charge is 0.410 e. The van der Waals surface area contributed by atoms with Crippen molar-refractivity contribution in [3.63, 3.8) is 0 Å². The van der Waals surface area contributed by atoms with Crippen molar-refractivity contribution in [1.82, 2.24) is 24.5 Å². The van der Waals surface area contributed by atoms with Gasteiger partial charge >= 0.3 is 6.09 Å². The van der Waals surface area contributed by atoms with Crippen LogP contribution < -0.4 is 5.56 Å². The first kappa shape index (κ1) is 17.4. The fourth-order valence-corrected chi connectivity index (χ4v) is 3.17. The Bertz CT molecular complexity index is 825.